The molecule has 0 saturated carbocycles. The highest BCUT2D eigenvalue weighted by Gasteiger charge is 2.15. The molecule has 0 aromatic rings. The van der Waals surface area contributed by atoms with Gasteiger partial charge in [-0.05, 0) is 6.42 Å². The zero-order valence-electron chi connectivity index (χ0n) is 7.49. The van der Waals surface area contributed by atoms with Gasteiger partial charge in [0.15, 0.2) is 0 Å². The maximum Gasteiger partial charge on any atom is 0.229 e. The second-order valence-electron chi connectivity index (χ2n) is 2.99. The van der Waals surface area contributed by atoms with Crippen LogP contribution in [0.2, 0.25) is 0 Å². The highest BCUT2D eigenvalue weighted by Crippen LogP contribution is 2.01. The smallest absolute Gasteiger partial charge is 0.229 e. The summed E-state index contributed by atoms with van der Waals surface area (Å²) in [5.74, 6) is 0.0120. The van der Waals surface area contributed by atoms with E-state index in [0.717, 1.165) is 19.6 Å². The first kappa shape index (κ1) is 10.4. The number of carbonyl (C=O) groups excluding carboxylic acids is 1. The molecule has 1 heterocycles. The lowest BCUT2D eigenvalue weighted by molar-refractivity contribution is -0.129. The zero-order valence-corrected chi connectivity index (χ0v) is 8.31. The summed E-state index contributed by atoms with van der Waals surface area (Å²) >= 11 is 4.67. The summed E-state index contributed by atoms with van der Waals surface area (Å²) in [5, 5.41) is 0. The van der Waals surface area contributed by atoms with Gasteiger partial charge in [-0.3, -0.25) is 4.79 Å². The molecule has 1 rings (SSSR count). The van der Waals surface area contributed by atoms with Crippen LogP contribution in [-0.4, -0.2) is 42.1 Å². The molecule has 0 unspecified atom stereocenters. The molecule has 0 bridgehead atoms. The van der Waals surface area contributed by atoms with Crippen molar-refractivity contribution in [3.05, 3.63) is 0 Å². The van der Waals surface area contributed by atoms with Crippen molar-refractivity contribution in [3.63, 3.8) is 0 Å². The first-order chi connectivity index (χ1) is 6.20. The molecular weight excluding hydrogens is 188 g/mol. The van der Waals surface area contributed by atoms with Gasteiger partial charge >= 0.3 is 0 Å². The van der Waals surface area contributed by atoms with Crippen LogP contribution in [0.15, 0.2) is 0 Å². The molecule has 1 aliphatic rings. The van der Waals surface area contributed by atoms with E-state index in [0.29, 0.717) is 13.2 Å². The molecule has 13 heavy (non-hydrogen) atoms. The molecule has 5 heteroatoms. The van der Waals surface area contributed by atoms with Gasteiger partial charge in [-0.1, -0.05) is 12.2 Å². The van der Waals surface area contributed by atoms with E-state index in [1.54, 1.807) is 4.90 Å². The van der Waals surface area contributed by atoms with Crippen molar-refractivity contribution >= 4 is 23.1 Å². The minimum Gasteiger partial charge on any atom is -0.393 e. The van der Waals surface area contributed by atoms with E-state index in [9.17, 15) is 4.79 Å². The molecule has 1 amide bonds. The van der Waals surface area contributed by atoms with Crippen molar-refractivity contribution in [2.75, 3.05) is 26.3 Å². The minimum absolute atomic E-state index is 0.0120. The van der Waals surface area contributed by atoms with Crippen LogP contribution >= 0.6 is 12.2 Å². The first-order valence-corrected chi connectivity index (χ1v) is 4.75. The van der Waals surface area contributed by atoms with Gasteiger partial charge < -0.3 is 15.4 Å². The van der Waals surface area contributed by atoms with Gasteiger partial charge in [-0.2, -0.15) is 0 Å². The Kier molecular flexibility index (Phi) is 4.11. The Labute approximate surface area is 83.0 Å². The predicted molar refractivity (Wildman–Crippen MR) is 53.4 cm³/mol. The van der Waals surface area contributed by atoms with E-state index in [1.165, 1.54) is 0 Å². The molecule has 0 atom stereocenters. The molecule has 74 valence electrons. The van der Waals surface area contributed by atoms with Gasteiger partial charge in [0.2, 0.25) is 5.91 Å². The van der Waals surface area contributed by atoms with Crippen LogP contribution in [0.1, 0.15) is 12.8 Å². The Morgan fingerprint density at radius 1 is 1.46 bits per heavy atom. The van der Waals surface area contributed by atoms with Crippen molar-refractivity contribution in [2.24, 2.45) is 5.73 Å². The fourth-order valence-electron chi connectivity index (χ4n) is 1.26. The van der Waals surface area contributed by atoms with Crippen LogP contribution in [0, 0.1) is 0 Å². The van der Waals surface area contributed by atoms with E-state index < -0.39 is 0 Å². The number of nitrogens with zero attached hydrogens (tertiary/aromatic N) is 1. The maximum absolute atomic E-state index is 11.5. The molecule has 0 radical (unpaired) electrons. The largest absolute Gasteiger partial charge is 0.393 e. The Morgan fingerprint density at radius 3 is 2.92 bits per heavy atom. The van der Waals surface area contributed by atoms with E-state index >= 15 is 0 Å². The number of hydrogen-bond acceptors (Lipinski definition) is 3. The lowest BCUT2D eigenvalue weighted by atomic mass is 10.3. The quantitative estimate of drug-likeness (QED) is 0.636. The average molecular weight is 202 g/mol. The van der Waals surface area contributed by atoms with E-state index in [-0.39, 0.29) is 17.3 Å². The fourth-order valence-corrected chi connectivity index (χ4v) is 1.38. The highest BCUT2D eigenvalue weighted by atomic mass is 32.1. The Bertz CT molecular complexity index is 200. The highest BCUT2D eigenvalue weighted by molar-refractivity contribution is 7.80. The number of rotatable bonds is 2. The first-order valence-electron chi connectivity index (χ1n) is 4.34. The van der Waals surface area contributed by atoms with Gasteiger partial charge in [0, 0.05) is 19.7 Å². The van der Waals surface area contributed by atoms with Crippen molar-refractivity contribution in [1.29, 1.82) is 0 Å². The normalized spacial score (nSPS) is 18.0. The molecular formula is C8H14N2O2S. The molecule has 1 saturated heterocycles. The van der Waals surface area contributed by atoms with E-state index in [4.69, 9.17) is 10.5 Å². The molecule has 0 aliphatic carbocycles. The predicted octanol–water partition coefficient (Wildman–Crippen LogP) is -0.0885. The number of carbonyl (C=O) groups is 1. The van der Waals surface area contributed by atoms with Gasteiger partial charge in [0.1, 0.15) is 0 Å². The lowest BCUT2D eigenvalue weighted by Gasteiger charge is -2.18. The number of amides is 1. The third-order valence-electron chi connectivity index (χ3n) is 1.90. The topological polar surface area (TPSA) is 55.6 Å². The number of nitrogens with two attached hydrogens (primary N) is 1. The summed E-state index contributed by atoms with van der Waals surface area (Å²) < 4.78 is 5.22. The maximum atomic E-state index is 11.5. The van der Waals surface area contributed by atoms with Crippen LogP contribution in [0.5, 0.6) is 0 Å². The zero-order chi connectivity index (χ0) is 9.68. The third kappa shape index (κ3) is 3.69. The fraction of sp³-hybridized carbons (Fsp3) is 0.750. The summed E-state index contributed by atoms with van der Waals surface area (Å²) in [7, 11) is 0. The molecule has 4 nitrogen and oxygen atoms in total. The molecule has 1 fully saturated rings. The van der Waals surface area contributed by atoms with Crippen molar-refractivity contribution < 1.29 is 9.53 Å². The monoisotopic (exact) mass is 202 g/mol. The number of thiocarbonyl (C=S) groups is 1. The molecule has 0 aromatic heterocycles. The van der Waals surface area contributed by atoms with Gasteiger partial charge in [-0.25, -0.2) is 0 Å². The van der Waals surface area contributed by atoms with E-state index in [2.05, 4.69) is 12.2 Å². The summed E-state index contributed by atoms with van der Waals surface area (Å²) in [5.41, 5.74) is 5.29. The summed E-state index contributed by atoms with van der Waals surface area (Å²) in [4.78, 5) is 13.5. The number of ether oxygens (including phenoxy) is 1. The van der Waals surface area contributed by atoms with E-state index in [1.807, 2.05) is 0 Å². The average Bonchev–Trinajstić information content (AvgIpc) is 2.29. The third-order valence-corrected chi connectivity index (χ3v) is 2.04. The van der Waals surface area contributed by atoms with Crippen molar-refractivity contribution in [2.45, 2.75) is 12.8 Å². The SMILES string of the molecule is NC(=S)CC(=O)N1CCCOCC1. The Hall–Kier alpha value is -0.680. The number of hydrogen-bond donors (Lipinski definition) is 1. The van der Waals surface area contributed by atoms with Crippen LogP contribution < -0.4 is 5.73 Å². The van der Waals surface area contributed by atoms with Crippen LogP contribution in [-0.2, 0) is 9.53 Å². The van der Waals surface area contributed by atoms with Gasteiger partial charge in [-0.15, -0.1) is 0 Å². The van der Waals surface area contributed by atoms with Crippen molar-refractivity contribution in [1.82, 2.24) is 4.90 Å². The standard InChI is InChI=1S/C8H14N2O2S/c9-7(13)6-8(11)10-2-1-4-12-5-3-10/h1-6H2,(H2,9,13). The molecule has 0 aromatic carbocycles. The lowest BCUT2D eigenvalue weighted by Crippen LogP contribution is -2.35. The molecule has 2 N–H and O–H groups in total. The summed E-state index contributed by atoms with van der Waals surface area (Å²) in [6.45, 7) is 2.75. The van der Waals surface area contributed by atoms with Crippen LogP contribution in [0.25, 0.3) is 0 Å². The van der Waals surface area contributed by atoms with Gasteiger partial charge in [0.25, 0.3) is 0 Å². The Balaban J connectivity index is 2.39. The summed E-state index contributed by atoms with van der Waals surface area (Å²) in [6, 6.07) is 0. The Morgan fingerprint density at radius 2 is 2.23 bits per heavy atom. The van der Waals surface area contributed by atoms with Gasteiger partial charge in [0.05, 0.1) is 18.0 Å². The minimum atomic E-state index is 0.0120. The van der Waals surface area contributed by atoms with Crippen molar-refractivity contribution in [3.8, 4) is 0 Å². The second-order valence-corrected chi connectivity index (χ2v) is 3.51. The van der Waals surface area contributed by atoms with Crippen LogP contribution in [0.3, 0.4) is 0 Å². The molecule has 1 aliphatic heterocycles. The summed E-state index contributed by atoms with van der Waals surface area (Å²) in [6.07, 6.45) is 1.07. The second kappa shape index (κ2) is 5.14. The molecule has 0 spiro atoms. The van der Waals surface area contributed by atoms with Crippen LogP contribution in [0.4, 0.5) is 0 Å².